The average molecular weight is 167 g/mol. The summed E-state index contributed by atoms with van der Waals surface area (Å²) >= 11 is 0. The maximum Gasteiger partial charge on any atom is 0.0330 e. The Balaban J connectivity index is 0. The van der Waals surface area contributed by atoms with E-state index in [4.69, 9.17) is 0 Å². The van der Waals surface area contributed by atoms with Gasteiger partial charge in [0, 0.05) is 11.9 Å². The van der Waals surface area contributed by atoms with E-state index in [0.717, 1.165) is 12.1 Å². The molecule has 0 aliphatic rings. The van der Waals surface area contributed by atoms with E-state index in [0.29, 0.717) is 0 Å². The minimum absolute atomic E-state index is 1.06. The van der Waals surface area contributed by atoms with E-state index < -0.39 is 0 Å². The van der Waals surface area contributed by atoms with E-state index in [-0.39, 0.29) is 0 Å². The molecule has 0 aromatic carbocycles. The number of hydrogen-bond donors (Lipinski definition) is 0. The third-order valence-corrected chi connectivity index (χ3v) is 1.15. The van der Waals surface area contributed by atoms with Crippen LogP contribution in [0.25, 0.3) is 0 Å². The van der Waals surface area contributed by atoms with E-state index in [1.165, 1.54) is 0 Å². The number of aliphatic imine (C=N–C) groups is 1. The van der Waals surface area contributed by atoms with Gasteiger partial charge in [0.25, 0.3) is 0 Å². The molecule has 0 heterocycles. The SMILES string of the molecule is CC.C\C=C(C)/N=C\C=C/CC. The second kappa shape index (κ2) is 12.8. The number of rotatable bonds is 3. The van der Waals surface area contributed by atoms with Gasteiger partial charge >= 0.3 is 0 Å². The Morgan fingerprint density at radius 2 is 1.92 bits per heavy atom. The molecule has 1 nitrogen and oxygen atoms in total. The minimum Gasteiger partial charge on any atom is -0.262 e. The van der Waals surface area contributed by atoms with Crippen LogP contribution in [0, 0.1) is 0 Å². The molecular weight excluding hydrogens is 146 g/mol. The van der Waals surface area contributed by atoms with E-state index in [1.807, 2.05) is 46.1 Å². The number of hydrogen-bond acceptors (Lipinski definition) is 1. The lowest BCUT2D eigenvalue weighted by atomic mass is 10.4. The van der Waals surface area contributed by atoms with Crippen LogP contribution in [0.3, 0.4) is 0 Å². The second-order valence-electron chi connectivity index (χ2n) is 2.04. The summed E-state index contributed by atoms with van der Waals surface area (Å²) in [5.74, 6) is 0. The van der Waals surface area contributed by atoms with Gasteiger partial charge in [0.15, 0.2) is 0 Å². The van der Waals surface area contributed by atoms with E-state index in [1.54, 1.807) is 0 Å². The van der Waals surface area contributed by atoms with Gasteiger partial charge in [-0.15, -0.1) is 0 Å². The molecule has 1 heteroatoms. The highest BCUT2D eigenvalue weighted by atomic mass is 14.7. The first-order chi connectivity index (χ1) is 5.81. The molecule has 0 aromatic heterocycles. The topological polar surface area (TPSA) is 12.4 Å². The second-order valence-corrected chi connectivity index (χ2v) is 2.04. The maximum atomic E-state index is 4.13. The first-order valence-electron chi connectivity index (χ1n) is 4.63. The summed E-state index contributed by atoms with van der Waals surface area (Å²) < 4.78 is 0. The molecule has 0 N–H and O–H groups in total. The summed E-state index contributed by atoms with van der Waals surface area (Å²) in [4.78, 5) is 4.13. The predicted octanol–water partition coefficient (Wildman–Crippen LogP) is 3.97. The molecule has 0 radical (unpaired) electrons. The van der Waals surface area contributed by atoms with Crippen LogP contribution >= 0.6 is 0 Å². The van der Waals surface area contributed by atoms with Crippen molar-refractivity contribution in [2.24, 2.45) is 4.99 Å². The largest absolute Gasteiger partial charge is 0.262 e. The molecule has 0 saturated carbocycles. The van der Waals surface area contributed by atoms with Gasteiger partial charge in [0.2, 0.25) is 0 Å². The number of allylic oxidation sites excluding steroid dienone is 4. The fourth-order valence-electron chi connectivity index (χ4n) is 0.432. The molecule has 12 heavy (non-hydrogen) atoms. The Bertz CT molecular complexity index is 152. The summed E-state index contributed by atoms with van der Waals surface area (Å²) in [6, 6.07) is 0. The lowest BCUT2D eigenvalue weighted by Crippen LogP contribution is -1.68. The molecule has 0 bridgehead atoms. The smallest absolute Gasteiger partial charge is 0.0330 e. The van der Waals surface area contributed by atoms with Gasteiger partial charge in [-0.1, -0.05) is 32.9 Å². The van der Waals surface area contributed by atoms with Gasteiger partial charge in [-0.3, -0.25) is 4.99 Å². The van der Waals surface area contributed by atoms with Crippen molar-refractivity contribution in [2.75, 3.05) is 0 Å². The lowest BCUT2D eigenvalue weighted by Gasteiger charge is -1.83. The van der Waals surface area contributed by atoms with Crippen LogP contribution in [0.4, 0.5) is 0 Å². The van der Waals surface area contributed by atoms with Gasteiger partial charge in [-0.2, -0.15) is 0 Å². The Morgan fingerprint density at radius 1 is 1.33 bits per heavy atom. The molecular formula is C11H21N. The Morgan fingerprint density at radius 3 is 2.33 bits per heavy atom. The molecule has 0 amide bonds. The average Bonchev–Trinajstić information content (AvgIpc) is 2.15. The molecule has 0 atom stereocenters. The van der Waals surface area contributed by atoms with Crippen LogP contribution < -0.4 is 0 Å². The van der Waals surface area contributed by atoms with Crippen LogP contribution in [0.2, 0.25) is 0 Å². The Kier molecular flexibility index (Phi) is 14.6. The summed E-state index contributed by atoms with van der Waals surface area (Å²) in [6.07, 6.45) is 8.91. The molecule has 70 valence electrons. The molecule has 0 rings (SSSR count). The molecule has 0 aromatic rings. The fraction of sp³-hybridized carbons (Fsp3) is 0.545. The van der Waals surface area contributed by atoms with Crippen molar-refractivity contribution in [3.05, 3.63) is 23.9 Å². The fourth-order valence-corrected chi connectivity index (χ4v) is 0.432. The summed E-state index contributed by atoms with van der Waals surface area (Å²) in [5, 5.41) is 0. The van der Waals surface area contributed by atoms with E-state index in [2.05, 4.69) is 18.0 Å². The Hall–Kier alpha value is -0.850. The highest BCUT2D eigenvalue weighted by molar-refractivity contribution is 5.71. The van der Waals surface area contributed by atoms with Gasteiger partial charge in [-0.05, 0) is 26.3 Å². The molecule has 0 saturated heterocycles. The summed E-state index contributed by atoms with van der Waals surface area (Å²) in [5.41, 5.74) is 1.06. The zero-order valence-electron chi connectivity index (χ0n) is 8.96. The molecule has 0 unspecified atom stereocenters. The maximum absolute atomic E-state index is 4.13. The first-order valence-corrected chi connectivity index (χ1v) is 4.63. The zero-order chi connectivity index (χ0) is 9.82. The van der Waals surface area contributed by atoms with Crippen molar-refractivity contribution in [1.29, 1.82) is 0 Å². The van der Waals surface area contributed by atoms with Gasteiger partial charge in [-0.25, -0.2) is 0 Å². The van der Waals surface area contributed by atoms with Gasteiger partial charge < -0.3 is 0 Å². The molecule has 0 fully saturated rings. The van der Waals surface area contributed by atoms with Gasteiger partial charge in [0.1, 0.15) is 0 Å². The summed E-state index contributed by atoms with van der Waals surface area (Å²) in [7, 11) is 0. The molecule has 0 aliphatic heterocycles. The Labute approximate surface area is 76.9 Å². The number of nitrogens with zero attached hydrogens (tertiary/aromatic N) is 1. The molecule has 0 spiro atoms. The van der Waals surface area contributed by atoms with Crippen molar-refractivity contribution < 1.29 is 0 Å². The van der Waals surface area contributed by atoms with Gasteiger partial charge in [0.05, 0.1) is 0 Å². The van der Waals surface area contributed by atoms with Crippen molar-refractivity contribution >= 4 is 6.21 Å². The van der Waals surface area contributed by atoms with Crippen molar-refractivity contribution in [2.45, 2.75) is 41.0 Å². The monoisotopic (exact) mass is 167 g/mol. The third kappa shape index (κ3) is 11.9. The molecule has 0 aliphatic carbocycles. The lowest BCUT2D eigenvalue weighted by molar-refractivity contribution is 1.23. The predicted molar refractivity (Wildman–Crippen MR) is 58.7 cm³/mol. The van der Waals surface area contributed by atoms with Crippen LogP contribution in [0.15, 0.2) is 28.9 Å². The van der Waals surface area contributed by atoms with E-state index >= 15 is 0 Å². The quantitative estimate of drug-likeness (QED) is 0.564. The third-order valence-electron chi connectivity index (χ3n) is 1.15. The van der Waals surface area contributed by atoms with Crippen LogP contribution in [-0.4, -0.2) is 6.21 Å². The highest BCUT2D eigenvalue weighted by Gasteiger charge is 1.73. The normalized spacial score (nSPS) is 11.9. The van der Waals surface area contributed by atoms with Crippen LogP contribution in [0.5, 0.6) is 0 Å². The van der Waals surface area contributed by atoms with Crippen molar-refractivity contribution in [3.63, 3.8) is 0 Å². The standard InChI is InChI=1S/C9H15N.C2H6/c1-4-6-7-8-10-9(3)5-2;1-2/h5-8H,4H2,1-3H3;1-2H3/b7-6-,9-5-,10-8-;. The van der Waals surface area contributed by atoms with Crippen molar-refractivity contribution in [3.8, 4) is 0 Å². The minimum atomic E-state index is 1.06. The van der Waals surface area contributed by atoms with Crippen LogP contribution in [-0.2, 0) is 0 Å². The highest BCUT2D eigenvalue weighted by Crippen LogP contribution is 1.90. The zero-order valence-corrected chi connectivity index (χ0v) is 8.96. The summed E-state index contributed by atoms with van der Waals surface area (Å²) in [6.45, 7) is 10.1. The van der Waals surface area contributed by atoms with Crippen LogP contribution in [0.1, 0.15) is 41.0 Å². The first kappa shape index (κ1) is 13.7. The van der Waals surface area contributed by atoms with Crippen molar-refractivity contribution in [1.82, 2.24) is 0 Å². The van der Waals surface area contributed by atoms with E-state index in [9.17, 15) is 0 Å².